The normalized spacial score (nSPS) is 15.3. The Morgan fingerprint density at radius 1 is 1.20 bits per heavy atom. The van der Waals surface area contributed by atoms with Gasteiger partial charge in [0.15, 0.2) is 0 Å². The van der Waals surface area contributed by atoms with Crippen LogP contribution in [0.25, 0.3) is 0 Å². The molecular weight excluding hydrogens is 246 g/mol. The zero-order valence-electron chi connectivity index (χ0n) is 13.7. The first kappa shape index (κ1) is 18.5. The highest BCUT2D eigenvalue weighted by Gasteiger charge is 2.25. The molecule has 0 radical (unpaired) electrons. The van der Waals surface area contributed by atoms with E-state index in [2.05, 4.69) is 11.8 Å². The highest BCUT2D eigenvalue weighted by Crippen LogP contribution is 2.30. The summed E-state index contributed by atoms with van der Waals surface area (Å²) < 4.78 is 0. The maximum Gasteiger partial charge on any atom is 0.150 e. The van der Waals surface area contributed by atoms with Crippen LogP contribution in [0.2, 0.25) is 0 Å². The van der Waals surface area contributed by atoms with Crippen LogP contribution in [0, 0.1) is 24.7 Å². The van der Waals surface area contributed by atoms with Gasteiger partial charge in [0.2, 0.25) is 0 Å². The lowest BCUT2D eigenvalue weighted by molar-refractivity contribution is 0.123. The van der Waals surface area contributed by atoms with Crippen LogP contribution in [0.1, 0.15) is 58.6 Å². The van der Waals surface area contributed by atoms with Crippen molar-refractivity contribution in [3.8, 4) is 11.8 Å². The predicted molar refractivity (Wildman–Crippen MR) is 88.4 cm³/mol. The van der Waals surface area contributed by atoms with Crippen LogP contribution in [0.5, 0.6) is 0 Å². The molecule has 0 aromatic heterocycles. The van der Waals surface area contributed by atoms with Crippen molar-refractivity contribution in [3.63, 3.8) is 0 Å². The molecule has 1 atom stereocenters. The second-order valence-electron chi connectivity index (χ2n) is 4.71. The van der Waals surface area contributed by atoms with Crippen LogP contribution in [0.4, 0.5) is 5.69 Å². The molecule has 0 aliphatic heterocycles. The summed E-state index contributed by atoms with van der Waals surface area (Å²) in [5.41, 5.74) is 7.12. The van der Waals surface area contributed by atoms with Crippen LogP contribution in [0.15, 0.2) is 18.2 Å². The summed E-state index contributed by atoms with van der Waals surface area (Å²) in [5, 5.41) is 10.3. The molecule has 0 bridgehead atoms. The summed E-state index contributed by atoms with van der Waals surface area (Å²) in [6, 6.07) is 5.65. The summed E-state index contributed by atoms with van der Waals surface area (Å²) in [7, 11) is 0. The fraction of sp³-hybridized carbons (Fsp3) is 0.556. The average molecular weight is 275 g/mol. The lowest BCUT2D eigenvalue weighted by Gasteiger charge is -2.19. The molecule has 112 valence electrons. The van der Waals surface area contributed by atoms with Gasteiger partial charge in [-0.05, 0) is 32.8 Å². The molecule has 1 aromatic rings. The van der Waals surface area contributed by atoms with Crippen molar-refractivity contribution >= 4 is 5.69 Å². The summed E-state index contributed by atoms with van der Waals surface area (Å²) in [6.45, 7) is 11.7. The second-order valence-corrected chi connectivity index (χ2v) is 4.71. The summed E-state index contributed by atoms with van der Waals surface area (Å²) in [6.07, 6.45) is 2.32. The second kappa shape index (κ2) is 8.66. The molecule has 0 amide bonds. The molecule has 0 heterocycles. The fourth-order valence-electron chi connectivity index (χ4n) is 1.63. The average Bonchev–Trinajstić information content (AvgIpc) is 3.28. The Kier molecular flexibility index (Phi) is 8.03. The van der Waals surface area contributed by atoms with Crippen LogP contribution in [-0.4, -0.2) is 5.11 Å². The Morgan fingerprint density at radius 3 is 2.25 bits per heavy atom. The van der Waals surface area contributed by atoms with Crippen molar-refractivity contribution in [1.29, 1.82) is 0 Å². The maximum atomic E-state index is 10.3. The van der Waals surface area contributed by atoms with Gasteiger partial charge in [0.05, 0.1) is 0 Å². The smallest absolute Gasteiger partial charge is 0.150 e. The van der Waals surface area contributed by atoms with E-state index in [0.29, 0.717) is 17.2 Å². The van der Waals surface area contributed by atoms with E-state index in [1.54, 1.807) is 6.92 Å². The largest absolute Gasteiger partial charge is 0.398 e. The third-order valence-electron chi connectivity index (χ3n) is 2.83. The van der Waals surface area contributed by atoms with Gasteiger partial charge in [0.25, 0.3) is 0 Å². The number of hydrogen-bond acceptors (Lipinski definition) is 2. The lowest BCUT2D eigenvalue weighted by Crippen LogP contribution is -2.20. The van der Waals surface area contributed by atoms with Crippen molar-refractivity contribution in [2.75, 3.05) is 5.73 Å². The van der Waals surface area contributed by atoms with E-state index in [4.69, 9.17) is 5.73 Å². The standard InChI is InChI=1S/C14H17NO.2C2H6/c1-10-3-6-13(15)12(9-10)14(2,16)8-7-11-4-5-11;2*1-2/h3,6,9,11,16H,4-5,15H2,1-2H3;2*1-2H3. The maximum absolute atomic E-state index is 10.3. The zero-order valence-corrected chi connectivity index (χ0v) is 13.7. The van der Waals surface area contributed by atoms with E-state index in [1.807, 2.05) is 52.8 Å². The third kappa shape index (κ3) is 5.67. The summed E-state index contributed by atoms with van der Waals surface area (Å²) in [4.78, 5) is 0. The van der Waals surface area contributed by atoms with Gasteiger partial charge in [0.1, 0.15) is 5.60 Å². The Hall–Kier alpha value is -1.46. The first-order valence-corrected chi connectivity index (χ1v) is 7.61. The molecule has 0 spiro atoms. The van der Waals surface area contributed by atoms with Gasteiger partial charge in [-0.25, -0.2) is 0 Å². The highest BCUT2D eigenvalue weighted by atomic mass is 16.3. The molecule has 1 aliphatic rings. The number of aliphatic hydroxyl groups is 1. The SMILES string of the molecule is CC.CC.Cc1ccc(N)c(C(C)(O)C#CC2CC2)c1. The van der Waals surface area contributed by atoms with Gasteiger partial charge in [-0.15, -0.1) is 0 Å². The molecule has 20 heavy (non-hydrogen) atoms. The number of anilines is 1. The lowest BCUT2D eigenvalue weighted by atomic mass is 9.93. The van der Waals surface area contributed by atoms with Gasteiger partial charge >= 0.3 is 0 Å². The van der Waals surface area contributed by atoms with E-state index in [0.717, 1.165) is 18.4 Å². The van der Waals surface area contributed by atoms with E-state index in [9.17, 15) is 5.11 Å². The molecule has 2 heteroatoms. The Bertz CT molecular complexity index is 462. The van der Waals surface area contributed by atoms with Crippen molar-refractivity contribution in [3.05, 3.63) is 29.3 Å². The van der Waals surface area contributed by atoms with E-state index >= 15 is 0 Å². The van der Waals surface area contributed by atoms with E-state index < -0.39 is 5.60 Å². The van der Waals surface area contributed by atoms with Crippen LogP contribution in [0.3, 0.4) is 0 Å². The van der Waals surface area contributed by atoms with Crippen molar-refractivity contribution in [1.82, 2.24) is 0 Å². The van der Waals surface area contributed by atoms with E-state index in [-0.39, 0.29) is 0 Å². The quantitative estimate of drug-likeness (QED) is 0.594. The van der Waals surface area contributed by atoms with Gasteiger partial charge < -0.3 is 10.8 Å². The van der Waals surface area contributed by atoms with Crippen molar-refractivity contribution < 1.29 is 5.11 Å². The van der Waals surface area contributed by atoms with Crippen molar-refractivity contribution in [2.24, 2.45) is 5.92 Å². The summed E-state index contributed by atoms with van der Waals surface area (Å²) in [5.74, 6) is 6.50. The van der Waals surface area contributed by atoms with Gasteiger partial charge in [-0.1, -0.05) is 57.2 Å². The molecule has 2 nitrogen and oxygen atoms in total. The first-order valence-electron chi connectivity index (χ1n) is 7.61. The molecule has 1 saturated carbocycles. The first-order chi connectivity index (χ1) is 9.49. The summed E-state index contributed by atoms with van der Waals surface area (Å²) >= 11 is 0. The zero-order chi connectivity index (χ0) is 15.8. The minimum Gasteiger partial charge on any atom is -0.398 e. The number of benzene rings is 1. The molecule has 1 aromatic carbocycles. The van der Waals surface area contributed by atoms with Gasteiger partial charge in [0, 0.05) is 17.2 Å². The minimum absolute atomic E-state index is 0.484. The monoisotopic (exact) mass is 275 g/mol. The molecule has 1 fully saturated rings. The topological polar surface area (TPSA) is 46.2 Å². The minimum atomic E-state index is -1.14. The van der Waals surface area contributed by atoms with Gasteiger partial charge in [-0.2, -0.15) is 0 Å². The third-order valence-corrected chi connectivity index (χ3v) is 2.83. The number of hydrogen-bond donors (Lipinski definition) is 2. The highest BCUT2D eigenvalue weighted by molar-refractivity contribution is 5.53. The molecule has 0 saturated heterocycles. The molecule has 1 aliphatic carbocycles. The molecule has 3 N–H and O–H groups in total. The molecular formula is C18H29NO. The number of nitrogens with two attached hydrogens (primary N) is 1. The Morgan fingerprint density at radius 2 is 1.75 bits per heavy atom. The van der Waals surface area contributed by atoms with Crippen LogP contribution >= 0.6 is 0 Å². The number of rotatable bonds is 1. The van der Waals surface area contributed by atoms with Crippen LogP contribution < -0.4 is 5.73 Å². The Balaban J connectivity index is 0.000000829. The van der Waals surface area contributed by atoms with Crippen LogP contribution in [-0.2, 0) is 5.60 Å². The molecule has 1 unspecified atom stereocenters. The van der Waals surface area contributed by atoms with E-state index in [1.165, 1.54) is 0 Å². The van der Waals surface area contributed by atoms with Gasteiger partial charge in [-0.3, -0.25) is 0 Å². The fourth-order valence-corrected chi connectivity index (χ4v) is 1.63. The Labute approximate surface area is 124 Å². The number of nitrogen functional groups attached to an aromatic ring is 1. The predicted octanol–water partition coefficient (Wildman–Crippen LogP) is 4.25. The van der Waals surface area contributed by atoms with Crippen molar-refractivity contribution in [2.45, 2.75) is 60.0 Å². The number of aryl methyl sites for hydroxylation is 1. The molecule has 2 rings (SSSR count).